The van der Waals surface area contributed by atoms with Crippen LogP contribution in [0.25, 0.3) is 121 Å². The summed E-state index contributed by atoms with van der Waals surface area (Å²) >= 11 is 0. The van der Waals surface area contributed by atoms with Crippen LogP contribution in [0.5, 0.6) is 0 Å². The van der Waals surface area contributed by atoms with E-state index in [9.17, 15) is 0 Å². The maximum absolute atomic E-state index is 2.46. The van der Waals surface area contributed by atoms with Gasteiger partial charge in [-0.3, -0.25) is 0 Å². The van der Waals surface area contributed by atoms with Gasteiger partial charge in [0.05, 0.1) is 0 Å². The summed E-state index contributed by atoms with van der Waals surface area (Å²) in [4.78, 5) is 0. The van der Waals surface area contributed by atoms with Crippen molar-refractivity contribution in [2.24, 2.45) is 0 Å². The molecule has 0 aliphatic rings. The fourth-order valence-corrected chi connectivity index (χ4v) is 10.2. The molecule has 0 heterocycles. The predicted molar refractivity (Wildman–Crippen MR) is 282 cm³/mol. The van der Waals surface area contributed by atoms with Crippen molar-refractivity contribution in [3.05, 3.63) is 267 Å². The van der Waals surface area contributed by atoms with E-state index in [4.69, 9.17) is 0 Å². The van der Waals surface area contributed by atoms with Gasteiger partial charge in [-0.15, -0.1) is 0 Å². The minimum atomic E-state index is 1.18. The highest BCUT2D eigenvalue weighted by molar-refractivity contribution is 6.26. The lowest BCUT2D eigenvalue weighted by molar-refractivity contribution is 1.55. The largest absolute Gasteiger partial charge is 0.0622 e. The Hall–Kier alpha value is -8.58. The Morgan fingerprint density at radius 3 is 0.879 bits per heavy atom. The highest BCUT2D eigenvalue weighted by Gasteiger charge is 2.25. The SMILES string of the molecule is c1ccc(-c2cc(-c3ccccc3)c(-c3c4ccccc4c(-c4cc(-c5ccccc5)c(-c5ccccc5)c(-c5ccccc5)c4)c4cc5ccccc5cc34)c(-c3ccccc3)c2)cc1. The molecule has 308 valence electrons. The molecule has 0 aliphatic carbocycles. The van der Waals surface area contributed by atoms with E-state index in [1.54, 1.807) is 0 Å². The maximum Gasteiger partial charge on any atom is -0.00137 e. The quantitative estimate of drug-likeness (QED) is 0.134. The molecule has 0 aromatic heterocycles. The Morgan fingerprint density at radius 2 is 0.455 bits per heavy atom. The second-order valence-electron chi connectivity index (χ2n) is 17.1. The smallest absolute Gasteiger partial charge is 0.00137 e. The van der Waals surface area contributed by atoms with Gasteiger partial charge in [0, 0.05) is 0 Å². The molecule has 0 amide bonds. The molecule has 12 aromatic rings. The molecule has 0 saturated heterocycles. The van der Waals surface area contributed by atoms with E-state index in [0.29, 0.717) is 0 Å². The van der Waals surface area contributed by atoms with E-state index in [0.717, 1.165) is 0 Å². The van der Waals surface area contributed by atoms with Crippen molar-refractivity contribution in [3.63, 3.8) is 0 Å². The van der Waals surface area contributed by atoms with Crippen molar-refractivity contribution < 1.29 is 0 Å². The van der Waals surface area contributed by atoms with Gasteiger partial charge < -0.3 is 0 Å². The van der Waals surface area contributed by atoms with Crippen LogP contribution in [0.15, 0.2) is 267 Å². The van der Waals surface area contributed by atoms with Crippen LogP contribution in [0, 0.1) is 0 Å². The highest BCUT2D eigenvalue weighted by atomic mass is 14.3. The van der Waals surface area contributed by atoms with Gasteiger partial charge in [-0.2, -0.15) is 0 Å². The molecule has 66 heavy (non-hydrogen) atoms. The van der Waals surface area contributed by atoms with E-state index < -0.39 is 0 Å². The van der Waals surface area contributed by atoms with Crippen LogP contribution in [0.3, 0.4) is 0 Å². The van der Waals surface area contributed by atoms with Crippen molar-refractivity contribution >= 4 is 32.3 Å². The van der Waals surface area contributed by atoms with Gasteiger partial charge in [0.15, 0.2) is 0 Å². The van der Waals surface area contributed by atoms with Gasteiger partial charge >= 0.3 is 0 Å². The monoisotopic (exact) mass is 836 g/mol. The Morgan fingerprint density at radius 1 is 0.152 bits per heavy atom. The van der Waals surface area contributed by atoms with Gasteiger partial charge in [0.2, 0.25) is 0 Å². The first kappa shape index (κ1) is 39.0. The summed E-state index contributed by atoms with van der Waals surface area (Å²) in [5.74, 6) is 0. The predicted octanol–water partition coefficient (Wildman–Crippen LogP) is 18.5. The van der Waals surface area contributed by atoms with E-state index in [-0.39, 0.29) is 0 Å². The van der Waals surface area contributed by atoms with Gasteiger partial charge in [0.1, 0.15) is 0 Å². The van der Waals surface area contributed by atoms with E-state index in [1.807, 2.05) is 0 Å². The van der Waals surface area contributed by atoms with Crippen LogP contribution >= 0.6 is 0 Å². The van der Waals surface area contributed by atoms with Crippen LogP contribution in [0.4, 0.5) is 0 Å². The lowest BCUT2D eigenvalue weighted by atomic mass is 9.78. The van der Waals surface area contributed by atoms with E-state index in [1.165, 1.54) is 121 Å². The van der Waals surface area contributed by atoms with Crippen molar-refractivity contribution in [3.8, 4) is 89.0 Å². The fraction of sp³-hybridized carbons (Fsp3) is 0. The molecule has 0 aliphatic heterocycles. The zero-order chi connectivity index (χ0) is 43.8. The topological polar surface area (TPSA) is 0 Å². The summed E-state index contributed by atoms with van der Waals surface area (Å²) in [7, 11) is 0. The molecule has 0 unspecified atom stereocenters. The number of benzene rings is 12. The Kier molecular flexibility index (Phi) is 9.97. The van der Waals surface area contributed by atoms with Crippen LogP contribution in [0.1, 0.15) is 0 Å². The van der Waals surface area contributed by atoms with Gasteiger partial charge in [-0.1, -0.05) is 231 Å². The molecular formula is C66H44. The molecule has 0 radical (unpaired) electrons. The normalized spacial score (nSPS) is 11.3. The van der Waals surface area contributed by atoms with Crippen molar-refractivity contribution in [2.75, 3.05) is 0 Å². The van der Waals surface area contributed by atoms with Crippen molar-refractivity contribution in [2.45, 2.75) is 0 Å². The lowest BCUT2D eigenvalue weighted by Crippen LogP contribution is -1.98. The highest BCUT2D eigenvalue weighted by Crippen LogP contribution is 2.53. The summed E-state index contributed by atoms with van der Waals surface area (Å²) < 4.78 is 0. The molecule has 0 spiro atoms. The third-order valence-corrected chi connectivity index (χ3v) is 13.2. The second kappa shape index (κ2) is 16.8. The molecule has 12 rings (SSSR count). The fourth-order valence-electron chi connectivity index (χ4n) is 10.2. The van der Waals surface area contributed by atoms with Crippen LogP contribution in [-0.4, -0.2) is 0 Å². The minimum Gasteiger partial charge on any atom is -0.0622 e. The number of rotatable bonds is 8. The molecule has 12 aromatic carbocycles. The van der Waals surface area contributed by atoms with Crippen LogP contribution < -0.4 is 0 Å². The van der Waals surface area contributed by atoms with Gasteiger partial charge in [-0.05, 0) is 158 Å². The Bertz CT molecular complexity index is 3570. The summed E-state index contributed by atoms with van der Waals surface area (Å²) in [6, 6.07) is 98.2. The zero-order valence-corrected chi connectivity index (χ0v) is 36.4. The number of hydrogen-bond acceptors (Lipinski definition) is 0. The second-order valence-corrected chi connectivity index (χ2v) is 17.1. The van der Waals surface area contributed by atoms with E-state index in [2.05, 4.69) is 267 Å². The molecule has 0 atom stereocenters. The van der Waals surface area contributed by atoms with Crippen LogP contribution in [-0.2, 0) is 0 Å². The van der Waals surface area contributed by atoms with Crippen LogP contribution in [0.2, 0.25) is 0 Å². The summed E-state index contributed by atoms with van der Waals surface area (Å²) in [5, 5.41) is 7.30. The van der Waals surface area contributed by atoms with E-state index >= 15 is 0 Å². The third-order valence-electron chi connectivity index (χ3n) is 13.2. The molecule has 0 saturated carbocycles. The first-order valence-corrected chi connectivity index (χ1v) is 22.8. The standard InChI is InChI=1S/C66H44/c1-7-23-45(24-8-1)53-41-59(48-29-13-4-14-30-48)66(60(42-53)49-31-15-5-16-32-49)65-56-38-22-21-37-55(56)64(61-39-51-35-19-20-36-52(51)40-62(61)65)54-43-57(46-25-9-2-10-26-46)63(50-33-17-6-18-34-50)58(44-54)47-27-11-3-12-28-47/h1-44H. The average molecular weight is 837 g/mol. The molecule has 0 fully saturated rings. The summed E-state index contributed by atoms with van der Waals surface area (Å²) in [5.41, 5.74) is 19.2. The number of hydrogen-bond donors (Lipinski definition) is 0. The van der Waals surface area contributed by atoms with Gasteiger partial charge in [-0.25, -0.2) is 0 Å². The molecule has 0 bridgehead atoms. The Labute approximate surface area is 386 Å². The average Bonchev–Trinajstić information content (AvgIpc) is 3.40. The molecular weight excluding hydrogens is 793 g/mol. The Balaban J connectivity index is 1.27. The molecule has 0 heteroatoms. The van der Waals surface area contributed by atoms with Gasteiger partial charge in [0.25, 0.3) is 0 Å². The molecule has 0 N–H and O–H groups in total. The first-order chi connectivity index (χ1) is 32.8. The summed E-state index contributed by atoms with van der Waals surface area (Å²) in [6.45, 7) is 0. The van der Waals surface area contributed by atoms with Crippen molar-refractivity contribution in [1.29, 1.82) is 0 Å². The molecule has 0 nitrogen and oxygen atoms in total. The maximum atomic E-state index is 2.46. The zero-order valence-electron chi connectivity index (χ0n) is 36.4. The minimum absolute atomic E-state index is 1.18. The number of fused-ring (bicyclic) bond motifs is 3. The lowest BCUT2D eigenvalue weighted by Gasteiger charge is -2.25. The first-order valence-electron chi connectivity index (χ1n) is 22.8. The summed E-state index contributed by atoms with van der Waals surface area (Å²) in [6.07, 6.45) is 0. The van der Waals surface area contributed by atoms with Crippen molar-refractivity contribution in [1.82, 2.24) is 0 Å². The third kappa shape index (κ3) is 6.97.